The number of halogens is 6. The lowest BCUT2D eigenvalue weighted by Crippen LogP contribution is -2.11. The third kappa shape index (κ3) is 3.09. The van der Waals surface area contributed by atoms with Gasteiger partial charge in [-0.15, -0.1) is 5.10 Å². The maximum atomic E-state index is 13.2. The molecule has 0 saturated heterocycles. The third-order valence-electron chi connectivity index (χ3n) is 3.19. The Morgan fingerprint density at radius 2 is 1.50 bits per heavy atom. The summed E-state index contributed by atoms with van der Waals surface area (Å²) in [4.78, 5) is 3.98. The van der Waals surface area contributed by atoms with E-state index in [9.17, 15) is 13.2 Å². The number of rotatable bonds is 2. The monoisotopic (exact) mass is 391 g/mol. The van der Waals surface area contributed by atoms with Crippen molar-refractivity contribution in [2.45, 2.75) is 6.18 Å². The molecule has 0 fully saturated rings. The van der Waals surface area contributed by atoms with Crippen molar-refractivity contribution in [1.82, 2.24) is 14.8 Å². The lowest BCUT2D eigenvalue weighted by Gasteiger charge is -2.12. The molecule has 0 atom stereocenters. The molecule has 0 aliphatic carbocycles. The molecule has 24 heavy (non-hydrogen) atoms. The molecule has 0 N–H and O–H groups in total. The number of para-hydroxylation sites is 1. The number of alkyl halides is 3. The molecule has 3 aromatic rings. The Bertz CT molecular complexity index is 886. The van der Waals surface area contributed by atoms with Crippen LogP contribution in [-0.4, -0.2) is 14.8 Å². The normalized spacial score (nSPS) is 11.8. The van der Waals surface area contributed by atoms with Crippen molar-refractivity contribution in [2.24, 2.45) is 0 Å². The molecular formula is C15H7Cl3F3N3. The van der Waals surface area contributed by atoms with E-state index in [1.807, 2.05) is 0 Å². The topological polar surface area (TPSA) is 30.7 Å². The number of benzene rings is 2. The van der Waals surface area contributed by atoms with Crippen LogP contribution < -0.4 is 0 Å². The quantitative estimate of drug-likeness (QED) is 0.542. The summed E-state index contributed by atoms with van der Waals surface area (Å²) >= 11 is 18.1. The van der Waals surface area contributed by atoms with Crippen LogP contribution in [0.25, 0.3) is 17.1 Å². The average Bonchev–Trinajstić information content (AvgIpc) is 2.87. The van der Waals surface area contributed by atoms with Crippen LogP contribution in [0, 0.1) is 0 Å². The summed E-state index contributed by atoms with van der Waals surface area (Å²) in [6.07, 6.45) is -4.56. The predicted molar refractivity (Wildman–Crippen MR) is 86.8 cm³/mol. The maximum Gasteiger partial charge on any atom is 0.418 e. The zero-order valence-corrected chi connectivity index (χ0v) is 13.9. The molecule has 9 heteroatoms. The van der Waals surface area contributed by atoms with Crippen LogP contribution in [0.15, 0.2) is 42.5 Å². The van der Waals surface area contributed by atoms with Crippen LogP contribution in [0.1, 0.15) is 5.56 Å². The van der Waals surface area contributed by atoms with Crippen LogP contribution >= 0.6 is 34.8 Å². The summed E-state index contributed by atoms with van der Waals surface area (Å²) < 4.78 is 40.4. The van der Waals surface area contributed by atoms with E-state index in [1.165, 1.54) is 18.2 Å². The van der Waals surface area contributed by atoms with Gasteiger partial charge in [-0.25, -0.2) is 4.68 Å². The molecule has 0 aliphatic rings. The highest BCUT2D eigenvalue weighted by molar-refractivity contribution is 6.39. The van der Waals surface area contributed by atoms with Crippen molar-refractivity contribution < 1.29 is 13.2 Å². The second kappa shape index (κ2) is 6.27. The van der Waals surface area contributed by atoms with Crippen molar-refractivity contribution in [2.75, 3.05) is 0 Å². The fourth-order valence-corrected chi connectivity index (χ4v) is 2.94. The fourth-order valence-electron chi connectivity index (χ4n) is 2.16. The molecular weight excluding hydrogens is 386 g/mol. The van der Waals surface area contributed by atoms with Gasteiger partial charge in [-0.05, 0) is 35.9 Å². The van der Waals surface area contributed by atoms with E-state index in [0.717, 1.165) is 10.7 Å². The van der Waals surface area contributed by atoms with E-state index in [0.29, 0.717) is 5.56 Å². The van der Waals surface area contributed by atoms with Crippen LogP contribution in [0.2, 0.25) is 15.3 Å². The van der Waals surface area contributed by atoms with Crippen LogP contribution in [0.5, 0.6) is 0 Å². The molecule has 0 aliphatic heterocycles. The molecule has 1 aromatic heterocycles. The van der Waals surface area contributed by atoms with E-state index < -0.39 is 11.7 Å². The van der Waals surface area contributed by atoms with Crippen molar-refractivity contribution in [3.63, 3.8) is 0 Å². The SMILES string of the molecule is FC(F)(F)c1ccccc1-n1nc(-c2c(Cl)cccc2Cl)nc1Cl. The van der Waals surface area contributed by atoms with Gasteiger partial charge in [-0.2, -0.15) is 18.2 Å². The van der Waals surface area contributed by atoms with Gasteiger partial charge in [0.25, 0.3) is 0 Å². The van der Waals surface area contributed by atoms with Gasteiger partial charge in [0.15, 0.2) is 5.82 Å². The van der Waals surface area contributed by atoms with Crippen molar-refractivity contribution in [3.05, 3.63) is 63.4 Å². The average molecular weight is 393 g/mol. The zero-order chi connectivity index (χ0) is 17.5. The van der Waals surface area contributed by atoms with Gasteiger partial charge in [-0.3, -0.25) is 0 Å². The molecule has 0 radical (unpaired) electrons. The molecule has 3 rings (SSSR count). The smallest absolute Gasteiger partial charge is 0.202 e. The first-order valence-corrected chi connectivity index (χ1v) is 7.66. The van der Waals surface area contributed by atoms with E-state index in [1.54, 1.807) is 18.2 Å². The van der Waals surface area contributed by atoms with Gasteiger partial charge < -0.3 is 0 Å². The number of aromatic nitrogens is 3. The van der Waals surface area contributed by atoms with Crippen LogP contribution in [0.4, 0.5) is 13.2 Å². The second-order valence-corrected chi connectivity index (χ2v) is 5.88. The Morgan fingerprint density at radius 1 is 0.875 bits per heavy atom. The first-order valence-electron chi connectivity index (χ1n) is 6.52. The standard InChI is InChI=1S/C15H7Cl3F3N3/c16-9-5-3-6-10(17)12(9)13-22-14(18)24(23-13)11-7-2-1-4-8(11)15(19,20)21/h1-7H. The summed E-state index contributed by atoms with van der Waals surface area (Å²) in [5, 5.41) is 4.34. The van der Waals surface area contributed by atoms with E-state index >= 15 is 0 Å². The fraction of sp³-hybridized carbons (Fsp3) is 0.0667. The van der Waals surface area contributed by atoms with E-state index in [2.05, 4.69) is 10.1 Å². The number of nitrogens with zero attached hydrogens (tertiary/aromatic N) is 3. The molecule has 2 aromatic carbocycles. The molecule has 0 unspecified atom stereocenters. The Hall–Kier alpha value is -1.76. The molecule has 3 nitrogen and oxygen atoms in total. The minimum Gasteiger partial charge on any atom is -0.202 e. The van der Waals surface area contributed by atoms with Gasteiger partial charge in [0.2, 0.25) is 5.28 Å². The van der Waals surface area contributed by atoms with Gasteiger partial charge in [0.05, 0.1) is 26.9 Å². The summed E-state index contributed by atoms with van der Waals surface area (Å²) in [5.74, 6) is 0.0348. The molecule has 1 heterocycles. The Balaban J connectivity index is 2.19. The lowest BCUT2D eigenvalue weighted by atomic mass is 10.2. The largest absolute Gasteiger partial charge is 0.418 e. The highest BCUT2D eigenvalue weighted by Gasteiger charge is 2.34. The van der Waals surface area contributed by atoms with Gasteiger partial charge >= 0.3 is 6.18 Å². The van der Waals surface area contributed by atoms with Crippen LogP contribution in [-0.2, 0) is 6.18 Å². The molecule has 0 amide bonds. The lowest BCUT2D eigenvalue weighted by molar-refractivity contribution is -0.137. The summed E-state index contributed by atoms with van der Waals surface area (Å²) in [5.41, 5.74) is -0.823. The maximum absolute atomic E-state index is 13.2. The highest BCUT2D eigenvalue weighted by Crippen LogP contribution is 2.36. The molecule has 0 bridgehead atoms. The molecule has 124 valence electrons. The summed E-state index contributed by atoms with van der Waals surface area (Å²) in [6.45, 7) is 0. The minimum atomic E-state index is -4.56. The van der Waals surface area contributed by atoms with Gasteiger partial charge in [0.1, 0.15) is 0 Å². The number of hydrogen-bond acceptors (Lipinski definition) is 2. The molecule has 0 spiro atoms. The van der Waals surface area contributed by atoms with Gasteiger partial charge in [0, 0.05) is 0 Å². The Labute approximate surface area is 149 Å². The summed E-state index contributed by atoms with van der Waals surface area (Å²) in [7, 11) is 0. The molecule has 0 saturated carbocycles. The van der Waals surface area contributed by atoms with Crippen molar-refractivity contribution in [3.8, 4) is 17.1 Å². The Morgan fingerprint density at radius 3 is 2.12 bits per heavy atom. The van der Waals surface area contributed by atoms with Gasteiger partial charge in [-0.1, -0.05) is 41.4 Å². The van der Waals surface area contributed by atoms with Crippen LogP contribution in [0.3, 0.4) is 0 Å². The Kier molecular flexibility index (Phi) is 4.46. The number of hydrogen-bond donors (Lipinski definition) is 0. The van der Waals surface area contributed by atoms with E-state index in [-0.39, 0.29) is 26.8 Å². The third-order valence-corrected chi connectivity index (χ3v) is 4.07. The van der Waals surface area contributed by atoms with Crippen molar-refractivity contribution >= 4 is 34.8 Å². The predicted octanol–water partition coefficient (Wildman–Crippen LogP) is 5.91. The summed E-state index contributed by atoms with van der Waals surface area (Å²) in [6, 6.07) is 9.69. The van der Waals surface area contributed by atoms with E-state index in [4.69, 9.17) is 34.8 Å². The first kappa shape index (κ1) is 17.1. The highest BCUT2D eigenvalue weighted by atomic mass is 35.5. The minimum absolute atomic E-state index is 0.0348. The van der Waals surface area contributed by atoms with Crippen molar-refractivity contribution in [1.29, 1.82) is 0 Å². The second-order valence-electron chi connectivity index (χ2n) is 4.73. The zero-order valence-electron chi connectivity index (χ0n) is 11.7. The first-order chi connectivity index (χ1) is 11.3.